The minimum absolute atomic E-state index is 0. The van der Waals surface area contributed by atoms with E-state index in [0.717, 1.165) is 0 Å². The van der Waals surface area contributed by atoms with Gasteiger partial charge < -0.3 is 0 Å². The summed E-state index contributed by atoms with van der Waals surface area (Å²) < 4.78 is 12.6. The average Bonchev–Trinajstić information content (AvgIpc) is 2.44. The fourth-order valence-electron chi connectivity index (χ4n) is 0.871. The van der Waals surface area contributed by atoms with E-state index in [9.17, 15) is 4.39 Å². The molecule has 0 aromatic carbocycles. The molecule has 0 aliphatic heterocycles. The molecule has 9 heavy (non-hydrogen) atoms. The Balaban J connectivity index is 0.000000640. The number of nitrogens with zero attached hydrogens (tertiary/aromatic N) is 1. The lowest BCUT2D eigenvalue weighted by Gasteiger charge is -2.25. The molecular formula is C7H17FN+. The molecule has 56 valence electrons. The summed E-state index contributed by atoms with van der Waals surface area (Å²) in [6.07, 6.45) is 2.44. The maximum Gasteiger partial charge on any atom is 0.221 e. The van der Waals surface area contributed by atoms with Crippen LogP contribution in [0.5, 0.6) is 0 Å². The summed E-state index contributed by atoms with van der Waals surface area (Å²) >= 11 is 0. The normalized spacial score (nSPS) is 19.0. The van der Waals surface area contributed by atoms with Gasteiger partial charge in [-0.2, -0.15) is 4.39 Å². The van der Waals surface area contributed by atoms with E-state index in [4.69, 9.17) is 0 Å². The van der Waals surface area contributed by atoms with Gasteiger partial charge in [0.1, 0.15) is 0 Å². The summed E-state index contributed by atoms with van der Waals surface area (Å²) in [5.74, 6) is 0. The molecule has 0 heterocycles. The molecule has 0 spiro atoms. The lowest BCUT2D eigenvalue weighted by atomic mass is 10.5. The number of rotatable bonds is 2. The molecule has 0 radical (unpaired) electrons. The molecule has 0 amide bonds. The average molecular weight is 134 g/mol. The highest BCUT2D eigenvalue weighted by Gasteiger charge is 2.37. The molecule has 0 saturated heterocycles. The highest BCUT2D eigenvalue weighted by atomic mass is 19.1. The van der Waals surface area contributed by atoms with Gasteiger partial charge in [-0.05, 0) is 0 Å². The lowest BCUT2D eigenvalue weighted by Crippen LogP contribution is -2.40. The van der Waals surface area contributed by atoms with Crippen molar-refractivity contribution in [2.75, 3.05) is 20.9 Å². The molecule has 0 bridgehead atoms. The van der Waals surface area contributed by atoms with Crippen molar-refractivity contribution < 1.29 is 8.87 Å². The molecule has 0 N–H and O–H groups in total. The monoisotopic (exact) mass is 134 g/mol. The Morgan fingerprint density at radius 2 is 1.89 bits per heavy atom. The predicted octanol–water partition coefficient (Wildman–Crippen LogP) is 1.79. The Morgan fingerprint density at radius 1 is 1.44 bits per heavy atom. The molecule has 2 heteroatoms. The first-order chi connectivity index (χ1) is 3.67. The summed E-state index contributed by atoms with van der Waals surface area (Å²) in [7, 11) is 3.88. The second-order valence-corrected chi connectivity index (χ2v) is 3.13. The molecule has 1 aliphatic carbocycles. The van der Waals surface area contributed by atoms with E-state index in [1.807, 2.05) is 14.1 Å². The maximum atomic E-state index is 12.0. The topological polar surface area (TPSA) is 0 Å². The van der Waals surface area contributed by atoms with Crippen molar-refractivity contribution in [2.24, 2.45) is 0 Å². The second-order valence-electron chi connectivity index (χ2n) is 3.13. The van der Waals surface area contributed by atoms with Gasteiger partial charge in [0.05, 0.1) is 20.1 Å². The van der Waals surface area contributed by atoms with Crippen LogP contribution in [0.3, 0.4) is 0 Å². The Bertz CT molecular complexity index is 86.9. The fourth-order valence-corrected chi connectivity index (χ4v) is 0.871. The molecule has 0 atom stereocenters. The third kappa shape index (κ3) is 1.94. The van der Waals surface area contributed by atoms with Crippen molar-refractivity contribution in [1.82, 2.24) is 0 Å². The van der Waals surface area contributed by atoms with Gasteiger partial charge in [-0.15, -0.1) is 0 Å². The van der Waals surface area contributed by atoms with Crippen molar-refractivity contribution in [3.8, 4) is 0 Å². The zero-order valence-corrected chi connectivity index (χ0v) is 5.52. The third-order valence-electron chi connectivity index (χ3n) is 1.84. The van der Waals surface area contributed by atoms with Crippen molar-refractivity contribution in [2.45, 2.75) is 26.3 Å². The smallest absolute Gasteiger partial charge is 0.221 e. The van der Waals surface area contributed by atoms with Crippen LogP contribution in [-0.4, -0.2) is 31.4 Å². The Hall–Kier alpha value is -0.110. The van der Waals surface area contributed by atoms with Crippen LogP contribution in [0.1, 0.15) is 20.3 Å². The van der Waals surface area contributed by atoms with E-state index >= 15 is 0 Å². The van der Waals surface area contributed by atoms with Crippen LogP contribution in [0, 0.1) is 0 Å². The summed E-state index contributed by atoms with van der Waals surface area (Å²) in [6.45, 7) is -0.218. The van der Waals surface area contributed by atoms with Crippen LogP contribution in [0.4, 0.5) is 4.39 Å². The first-order valence-electron chi connectivity index (χ1n) is 3.05. The fraction of sp³-hybridized carbons (Fsp3) is 1.00. The Kier molecular flexibility index (Phi) is 2.62. The second kappa shape index (κ2) is 2.65. The number of quaternary nitrogens is 1. The molecule has 1 rings (SSSR count). The third-order valence-corrected chi connectivity index (χ3v) is 1.84. The van der Waals surface area contributed by atoms with Crippen molar-refractivity contribution in [3.05, 3.63) is 0 Å². The van der Waals surface area contributed by atoms with Crippen LogP contribution in [-0.2, 0) is 0 Å². The standard InChI is InChI=1S/C6H13FN.CH4/c1-8(2,5-7)6-3-4-6;/h6H,3-5H2,1-2H3;1H4/q+1;. The SMILES string of the molecule is C.C[N+](C)(CF)C1CC1. The van der Waals surface area contributed by atoms with Crippen LogP contribution in [0.15, 0.2) is 0 Å². The van der Waals surface area contributed by atoms with Gasteiger partial charge in [-0.25, -0.2) is 0 Å². The van der Waals surface area contributed by atoms with Crippen molar-refractivity contribution in [3.63, 3.8) is 0 Å². The molecular weight excluding hydrogens is 117 g/mol. The van der Waals surface area contributed by atoms with Crippen LogP contribution < -0.4 is 0 Å². The Labute approximate surface area is 57.1 Å². The molecule has 1 fully saturated rings. The largest absolute Gasteiger partial charge is 0.300 e. The molecule has 0 unspecified atom stereocenters. The number of hydrogen-bond donors (Lipinski definition) is 0. The molecule has 1 aliphatic rings. The van der Waals surface area contributed by atoms with Crippen molar-refractivity contribution >= 4 is 0 Å². The maximum absolute atomic E-state index is 12.0. The number of hydrogen-bond acceptors (Lipinski definition) is 0. The van der Waals surface area contributed by atoms with Gasteiger partial charge in [-0.3, -0.25) is 4.48 Å². The van der Waals surface area contributed by atoms with Gasteiger partial charge >= 0.3 is 0 Å². The van der Waals surface area contributed by atoms with E-state index in [2.05, 4.69) is 0 Å². The van der Waals surface area contributed by atoms with Crippen LogP contribution in [0.2, 0.25) is 0 Å². The van der Waals surface area contributed by atoms with E-state index in [1.54, 1.807) is 0 Å². The van der Waals surface area contributed by atoms with E-state index in [1.165, 1.54) is 12.8 Å². The zero-order chi connectivity index (χ0) is 6.20. The van der Waals surface area contributed by atoms with Gasteiger partial charge in [0, 0.05) is 12.8 Å². The molecule has 1 saturated carbocycles. The highest BCUT2D eigenvalue weighted by molar-refractivity contribution is 4.72. The number of alkyl halides is 1. The van der Waals surface area contributed by atoms with Gasteiger partial charge in [-0.1, -0.05) is 7.43 Å². The van der Waals surface area contributed by atoms with Crippen molar-refractivity contribution in [1.29, 1.82) is 0 Å². The summed E-state index contributed by atoms with van der Waals surface area (Å²) in [4.78, 5) is 0. The summed E-state index contributed by atoms with van der Waals surface area (Å²) in [6, 6.07) is 0.625. The zero-order valence-electron chi connectivity index (χ0n) is 5.52. The molecule has 0 aromatic rings. The first kappa shape index (κ1) is 8.89. The first-order valence-corrected chi connectivity index (χ1v) is 3.05. The van der Waals surface area contributed by atoms with Gasteiger partial charge in [0.25, 0.3) is 0 Å². The van der Waals surface area contributed by atoms with E-state index in [0.29, 0.717) is 10.5 Å². The van der Waals surface area contributed by atoms with Gasteiger partial charge in [0.2, 0.25) is 6.80 Å². The number of halogens is 1. The molecule has 0 aromatic heterocycles. The summed E-state index contributed by atoms with van der Waals surface area (Å²) in [5.41, 5.74) is 0. The highest BCUT2D eigenvalue weighted by Crippen LogP contribution is 2.30. The lowest BCUT2D eigenvalue weighted by molar-refractivity contribution is -0.913. The molecule has 1 nitrogen and oxygen atoms in total. The Morgan fingerprint density at radius 3 is 2.00 bits per heavy atom. The quantitative estimate of drug-likeness (QED) is 0.399. The minimum Gasteiger partial charge on any atom is -0.300 e. The van der Waals surface area contributed by atoms with Gasteiger partial charge in [0.15, 0.2) is 0 Å². The summed E-state index contributed by atoms with van der Waals surface area (Å²) in [5, 5.41) is 0. The van der Waals surface area contributed by atoms with Crippen LogP contribution in [0.25, 0.3) is 0 Å². The minimum atomic E-state index is -0.218. The van der Waals surface area contributed by atoms with E-state index in [-0.39, 0.29) is 14.2 Å². The van der Waals surface area contributed by atoms with Crippen LogP contribution >= 0.6 is 0 Å². The predicted molar refractivity (Wildman–Crippen MR) is 37.8 cm³/mol. The van der Waals surface area contributed by atoms with E-state index < -0.39 is 0 Å².